The van der Waals surface area contributed by atoms with Crippen molar-refractivity contribution in [3.8, 4) is 0 Å². The molecule has 0 aromatic rings. The van der Waals surface area contributed by atoms with Gasteiger partial charge in [-0.25, -0.2) is 5.84 Å². The van der Waals surface area contributed by atoms with Crippen molar-refractivity contribution in [1.29, 1.82) is 0 Å². The van der Waals surface area contributed by atoms with Crippen LogP contribution in [0.2, 0.25) is 0 Å². The molecule has 2 atom stereocenters. The Labute approximate surface area is 84.5 Å². The molecule has 1 aliphatic rings. The van der Waals surface area contributed by atoms with Gasteiger partial charge < -0.3 is 4.74 Å². The van der Waals surface area contributed by atoms with E-state index < -0.39 is 0 Å². The summed E-state index contributed by atoms with van der Waals surface area (Å²) in [4.78, 5) is 13.6. The molecule has 0 saturated carbocycles. The molecule has 1 aliphatic heterocycles. The highest BCUT2D eigenvalue weighted by atomic mass is 16.5. The van der Waals surface area contributed by atoms with Gasteiger partial charge in [-0.1, -0.05) is 6.92 Å². The smallest absolute Gasteiger partial charge is 0.251 e. The molecule has 1 amide bonds. The average molecular weight is 201 g/mol. The Hall–Kier alpha value is -0.650. The topological polar surface area (TPSA) is 67.6 Å². The molecule has 1 rings (SSSR count). The van der Waals surface area contributed by atoms with Crippen LogP contribution in [0.25, 0.3) is 0 Å². The van der Waals surface area contributed by atoms with Gasteiger partial charge >= 0.3 is 0 Å². The Morgan fingerprint density at radius 2 is 2.50 bits per heavy atom. The number of morpholine rings is 1. The van der Waals surface area contributed by atoms with Gasteiger partial charge in [-0.3, -0.25) is 15.1 Å². The molecule has 1 heterocycles. The van der Waals surface area contributed by atoms with Crippen LogP contribution in [0.4, 0.5) is 0 Å². The molecule has 0 radical (unpaired) electrons. The highest BCUT2D eigenvalue weighted by molar-refractivity contribution is 5.81. The SMILES string of the molecule is CCC(C(=O)NN)N1CCOCC1C. The van der Waals surface area contributed by atoms with Gasteiger partial charge in [0.1, 0.15) is 0 Å². The maximum Gasteiger partial charge on any atom is 0.251 e. The molecule has 0 aliphatic carbocycles. The number of carbonyl (C=O) groups is 1. The molecule has 5 nitrogen and oxygen atoms in total. The predicted molar refractivity (Wildman–Crippen MR) is 53.4 cm³/mol. The zero-order chi connectivity index (χ0) is 10.6. The van der Waals surface area contributed by atoms with E-state index in [-0.39, 0.29) is 18.0 Å². The Morgan fingerprint density at radius 3 is 3.00 bits per heavy atom. The van der Waals surface area contributed by atoms with Gasteiger partial charge in [0, 0.05) is 12.6 Å². The van der Waals surface area contributed by atoms with Crippen molar-refractivity contribution < 1.29 is 9.53 Å². The number of nitrogens with one attached hydrogen (secondary N) is 1. The zero-order valence-corrected chi connectivity index (χ0v) is 8.82. The number of ether oxygens (including phenoxy) is 1. The molecule has 0 aromatic carbocycles. The van der Waals surface area contributed by atoms with Crippen molar-refractivity contribution in [2.24, 2.45) is 5.84 Å². The summed E-state index contributed by atoms with van der Waals surface area (Å²) in [5.41, 5.74) is 2.21. The largest absolute Gasteiger partial charge is 0.379 e. The van der Waals surface area contributed by atoms with Crippen molar-refractivity contribution in [2.75, 3.05) is 19.8 Å². The summed E-state index contributed by atoms with van der Waals surface area (Å²) in [6, 6.07) is 0.157. The van der Waals surface area contributed by atoms with Crippen LogP contribution >= 0.6 is 0 Å². The minimum atomic E-state index is -0.126. The van der Waals surface area contributed by atoms with Gasteiger partial charge in [0.05, 0.1) is 19.3 Å². The molecule has 0 bridgehead atoms. The van der Waals surface area contributed by atoms with E-state index in [1.807, 2.05) is 6.92 Å². The lowest BCUT2D eigenvalue weighted by atomic mass is 10.1. The number of nitrogens with two attached hydrogens (primary N) is 1. The van der Waals surface area contributed by atoms with Gasteiger partial charge in [-0.15, -0.1) is 0 Å². The Morgan fingerprint density at radius 1 is 1.79 bits per heavy atom. The van der Waals surface area contributed by atoms with Crippen molar-refractivity contribution >= 4 is 5.91 Å². The Balaban J connectivity index is 2.61. The van der Waals surface area contributed by atoms with Crippen LogP contribution in [0, 0.1) is 0 Å². The molecule has 0 spiro atoms. The minimum Gasteiger partial charge on any atom is -0.379 e. The molecule has 2 unspecified atom stereocenters. The third kappa shape index (κ3) is 2.43. The van der Waals surface area contributed by atoms with Gasteiger partial charge in [0.25, 0.3) is 5.91 Å². The highest BCUT2D eigenvalue weighted by Gasteiger charge is 2.29. The number of nitrogens with zero attached hydrogens (tertiary/aromatic N) is 1. The van der Waals surface area contributed by atoms with Crippen LogP contribution in [-0.2, 0) is 9.53 Å². The van der Waals surface area contributed by atoms with Gasteiger partial charge in [0.2, 0.25) is 0 Å². The summed E-state index contributed by atoms with van der Waals surface area (Å²) in [6.45, 7) is 6.23. The number of hydrazine groups is 1. The van der Waals surface area contributed by atoms with E-state index in [0.29, 0.717) is 13.2 Å². The van der Waals surface area contributed by atoms with E-state index in [1.54, 1.807) is 0 Å². The second kappa shape index (κ2) is 5.29. The third-order valence-electron chi connectivity index (χ3n) is 2.65. The number of amides is 1. The zero-order valence-electron chi connectivity index (χ0n) is 8.82. The van der Waals surface area contributed by atoms with E-state index in [4.69, 9.17) is 10.6 Å². The lowest BCUT2D eigenvalue weighted by molar-refractivity contribution is -0.130. The van der Waals surface area contributed by atoms with Crippen molar-refractivity contribution in [1.82, 2.24) is 10.3 Å². The standard InChI is InChI=1S/C9H19N3O2/c1-3-8(9(13)11-10)12-4-5-14-6-7(12)2/h7-8H,3-6,10H2,1-2H3,(H,11,13). The van der Waals surface area contributed by atoms with Gasteiger partial charge in [0.15, 0.2) is 0 Å². The van der Waals surface area contributed by atoms with Crippen molar-refractivity contribution in [3.63, 3.8) is 0 Å². The minimum absolute atomic E-state index is 0.110. The molecule has 14 heavy (non-hydrogen) atoms. The Kier molecular flexibility index (Phi) is 4.31. The molecule has 3 N–H and O–H groups in total. The van der Waals surface area contributed by atoms with E-state index >= 15 is 0 Å². The maximum absolute atomic E-state index is 11.5. The summed E-state index contributed by atoms with van der Waals surface area (Å²) in [5, 5.41) is 0. The van der Waals surface area contributed by atoms with Crippen LogP contribution in [0.5, 0.6) is 0 Å². The fraction of sp³-hybridized carbons (Fsp3) is 0.889. The highest BCUT2D eigenvalue weighted by Crippen LogP contribution is 2.13. The fourth-order valence-electron chi connectivity index (χ4n) is 1.87. The average Bonchev–Trinajstić information content (AvgIpc) is 2.21. The molecule has 1 saturated heterocycles. The van der Waals surface area contributed by atoms with Crippen LogP contribution in [0.3, 0.4) is 0 Å². The molecule has 1 fully saturated rings. The van der Waals surface area contributed by atoms with Crippen molar-refractivity contribution in [3.05, 3.63) is 0 Å². The summed E-state index contributed by atoms with van der Waals surface area (Å²) in [6.07, 6.45) is 0.771. The number of rotatable bonds is 3. The van der Waals surface area contributed by atoms with Crippen LogP contribution < -0.4 is 11.3 Å². The second-order valence-corrected chi connectivity index (χ2v) is 3.59. The summed E-state index contributed by atoms with van der Waals surface area (Å²) in [7, 11) is 0. The summed E-state index contributed by atoms with van der Waals surface area (Å²) in [5.74, 6) is 5.03. The molecular weight excluding hydrogens is 182 g/mol. The molecule has 0 aromatic heterocycles. The molecule has 82 valence electrons. The Bertz CT molecular complexity index is 198. The summed E-state index contributed by atoms with van der Waals surface area (Å²) < 4.78 is 5.32. The third-order valence-corrected chi connectivity index (χ3v) is 2.65. The normalized spacial score (nSPS) is 25.8. The monoisotopic (exact) mass is 201 g/mol. The first kappa shape index (κ1) is 11.4. The van der Waals surface area contributed by atoms with Gasteiger partial charge in [-0.2, -0.15) is 0 Å². The first-order valence-electron chi connectivity index (χ1n) is 5.04. The van der Waals surface area contributed by atoms with Crippen LogP contribution in [0.1, 0.15) is 20.3 Å². The second-order valence-electron chi connectivity index (χ2n) is 3.59. The van der Waals surface area contributed by atoms with Crippen LogP contribution in [-0.4, -0.2) is 42.6 Å². The molecular formula is C9H19N3O2. The van der Waals surface area contributed by atoms with Crippen LogP contribution in [0.15, 0.2) is 0 Å². The van der Waals surface area contributed by atoms with E-state index in [0.717, 1.165) is 13.0 Å². The predicted octanol–water partition coefficient (Wildman–Crippen LogP) is -0.524. The number of carbonyl (C=O) groups excluding carboxylic acids is 1. The lowest BCUT2D eigenvalue weighted by Gasteiger charge is -2.37. The van der Waals surface area contributed by atoms with Crippen molar-refractivity contribution in [2.45, 2.75) is 32.4 Å². The van der Waals surface area contributed by atoms with E-state index in [2.05, 4.69) is 17.2 Å². The van der Waals surface area contributed by atoms with E-state index in [9.17, 15) is 4.79 Å². The van der Waals surface area contributed by atoms with E-state index in [1.165, 1.54) is 0 Å². The number of hydrogen-bond donors (Lipinski definition) is 2. The first-order chi connectivity index (χ1) is 6.70. The summed E-state index contributed by atoms with van der Waals surface area (Å²) >= 11 is 0. The van der Waals surface area contributed by atoms with Gasteiger partial charge in [-0.05, 0) is 13.3 Å². The number of hydrogen-bond acceptors (Lipinski definition) is 4. The lowest BCUT2D eigenvalue weighted by Crippen LogP contribution is -2.55. The first-order valence-corrected chi connectivity index (χ1v) is 5.04. The fourth-order valence-corrected chi connectivity index (χ4v) is 1.87. The quantitative estimate of drug-likeness (QED) is 0.366. The molecule has 5 heteroatoms. The maximum atomic E-state index is 11.5.